The smallest absolute Gasteiger partial charge is 0.335 e. The van der Waals surface area contributed by atoms with Gasteiger partial charge < -0.3 is 28.5 Å². The topological polar surface area (TPSA) is 147 Å². The molecule has 13 heteroatoms. The van der Waals surface area contributed by atoms with Gasteiger partial charge in [-0.05, 0) is 229 Å². The van der Waals surface area contributed by atoms with Gasteiger partial charge in [-0.25, -0.2) is 4.85 Å². The molecular weight excluding hydrogens is 1280 g/mol. The third-order valence-electron chi connectivity index (χ3n) is 16.4. The number of nitriles is 3. The molecule has 11 aromatic carbocycles. The largest absolute Gasteiger partial charge is 0.497 e. The van der Waals surface area contributed by atoms with E-state index < -0.39 is 7.60 Å². The van der Waals surface area contributed by atoms with Crippen molar-refractivity contribution in [2.24, 2.45) is 0 Å². The van der Waals surface area contributed by atoms with Crippen LogP contribution in [-0.2, 0) is 19.8 Å². The van der Waals surface area contributed by atoms with Gasteiger partial charge >= 0.3 is 7.60 Å². The number of ether oxygens (including phenoxy) is 1. The van der Waals surface area contributed by atoms with E-state index >= 15 is 0 Å². The Hall–Kier alpha value is -12.1. The van der Waals surface area contributed by atoms with Gasteiger partial charge in [-0.2, -0.15) is 15.8 Å². The minimum atomic E-state index is -3.38. The molecular formula is C89H86N7O5P. The van der Waals surface area contributed by atoms with Crippen LogP contribution in [0.4, 0.5) is 56.9 Å². The van der Waals surface area contributed by atoms with Gasteiger partial charge in [0.2, 0.25) is 0 Å². The standard InChI is InChI=1S/C52H42N4.C21H21NO.C14H15N2O4P.2CH4/c1-37-6-22-46(23-7-37)55(47-24-8-38(2)9-25-47)50-30-16-41(17-31-50)14-20-43-35-52(54-5)44(34-45(43)36-53)21-15-42-18-32-51(33-19-42)56(48-26-10-39(3)11-27-48)49-28-12-40(4)13-29-49;1-16-4-8-18(9-5-16)22(19-10-6-17(2)7-11-19)20-12-14-21(23-3)15-13-20;1-3-19-21(18,20-4-2)10-14-6-11(7-15)13(9-17)5-12(14)8-16;;/h6-35H,1-4H3;4-15H,1-3H3;5-6,9H,3-4,10H2,1-2H3;2*1H4/b20-14+,21-15+;;;;. The molecule has 0 saturated heterocycles. The Morgan fingerprint density at radius 1 is 0.402 bits per heavy atom. The first kappa shape index (κ1) is 77.2. The molecule has 0 N–H and O–H groups in total. The second-order valence-electron chi connectivity index (χ2n) is 23.8. The lowest BCUT2D eigenvalue weighted by Crippen LogP contribution is -2.09. The fourth-order valence-electron chi connectivity index (χ4n) is 11.0. The molecule has 0 spiro atoms. The Bertz CT molecular complexity index is 4540. The highest BCUT2D eigenvalue weighted by Crippen LogP contribution is 2.52. The molecule has 12 nitrogen and oxygen atoms in total. The van der Waals surface area contributed by atoms with Gasteiger partial charge in [-0.1, -0.05) is 170 Å². The summed E-state index contributed by atoms with van der Waals surface area (Å²) in [5, 5.41) is 28.3. The van der Waals surface area contributed by atoms with Gasteiger partial charge in [0, 0.05) is 56.7 Å². The Balaban J connectivity index is 0.000000260. The van der Waals surface area contributed by atoms with Crippen LogP contribution in [0.3, 0.4) is 0 Å². The van der Waals surface area contributed by atoms with Crippen LogP contribution in [0.1, 0.15) is 117 Å². The summed E-state index contributed by atoms with van der Waals surface area (Å²) in [6, 6.07) is 88.7. The summed E-state index contributed by atoms with van der Waals surface area (Å²) in [5.41, 5.74) is 22.4. The maximum Gasteiger partial charge on any atom is 0.335 e. The second-order valence-corrected chi connectivity index (χ2v) is 25.9. The average Bonchev–Trinajstić information content (AvgIpc) is 0.829. The lowest BCUT2D eigenvalue weighted by atomic mass is 10.0. The fourth-order valence-corrected chi connectivity index (χ4v) is 12.7. The third kappa shape index (κ3) is 20.3. The minimum Gasteiger partial charge on any atom is -0.497 e. The monoisotopic (exact) mass is 1360 g/mol. The average molecular weight is 1360 g/mol. The van der Waals surface area contributed by atoms with Crippen molar-refractivity contribution in [3.63, 3.8) is 0 Å². The van der Waals surface area contributed by atoms with Crippen molar-refractivity contribution in [3.8, 4) is 24.0 Å². The molecule has 0 aliphatic heterocycles. The first-order chi connectivity index (χ1) is 48.5. The van der Waals surface area contributed by atoms with Crippen molar-refractivity contribution in [1.82, 2.24) is 0 Å². The summed E-state index contributed by atoms with van der Waals surface area (Å²) in [6.45, 7) is 24.3. The fraction of sp³-hybridized carbons (Fsp3) is 0.157. The van der Waals surface area contributed by atoms with Gasteiger partial charge in [0.05, 0.1) is 68.0 Å². The normalized spacial score (nSPS) is 10.6. The van der Waals surface area contributed by atoms with Crippen molar-refractivity contribution >= 4 is 95.1 Å². The zero-order valence-corrected chi connectivity index (χ0v) is 58.6. The number of aldehydes is 1. The molecule has 0 atom stereocenters. The number of methoxy groups -OCH3 is 1. The first-order valence-electron chi connectivity index (χ1n) is 32.7. The van der Waals surface area contributed by atoms with Gasteiger partial charge in [0.15, 0.2) is 12.0 Å². The number of carbonyl (C=O) groups is 1. The van der Waals surface area contributed by atoms with Gasteiger partial charge in [0.1, 0.15) is 5.75 Å². The highest BCUT2D eigenvalue weighted by atomic mass is 31.2. The van der Waals surface area contributed by atoms with Gasteiger partial charge in [-0.3, -0.25) is 9.36 Å². The molecule has 102 heavy (non-hydrogen) atoms. The number of benzene rings is 11. The lowest BCUT2D eigenvalue weighted by Gasteiger charge is -2.26. The van der Waals surface area contributed by atoms with Crippen molar-refractivity contribution < 1.29 is 23.1 Å². The van der Waals surface area contributed by atoms with Crippen LogP contribution in [-0.4, -0.2) is 26.6 Å². The van der Waals surface area contributed by atoms with E-state index in [2.05, 4.69) is 273 Å². The number of rotatable bonds is 21. The zero-order chi connectivity index (χ0) is 71.1. The van der Waals surface area contributed by atoms with Crippen LogP contribution in [0.2, 0.25) is 0 Å². The Labute approximate surface area is 603 Å². The molecule has 0 unspecified atom stereocenters. The van der Waals surface area contributed by atoms with E-state index in [1.807, 2.05) is 48.6 Å². The first-order valence-corrected chi connectivity index (χ1v) is 34.5. The molecule has 0 saturated carbocycles. The lowest BCUT2D eigenvalue weighted by molar-refractivity contribution is 0.112. The number of carbonyl (C=O) groups excluding carboxylic acids is 1. The molecule has 0 aliphatic rings. The van der Waals surface area contributed by atoms with Crippen molar-refractivity contribution in [2.45, 2.75) is 76.4 Å². The van der Waals surface area contributed by atoms with Crippen molar-refractivity contribution in [1.29, 1.82) is 15.8 Å². The summed E-state index contributed by atoms with van der Waals surface area (Å²) in [5.74, 6) is 0.863. The number of anilines is 9. The van der Waals surface area contributed by atoms with E-state index in [0.717, 1.165) is 68.1 Å². The van der Waals surface area contributed by atoms with Crippen LogP contribution in [0, 0.1) is 82.1 Å². The number of nitrogens with zero attached hydrogens (tertiary/aromatic N) is 7. The predicted molar refractivity (Wildman–Crippen MR) is 423 cm³/mol. The maximum atomic E-state index is 12.5. The quantitative estimate of drug-likeness (QED) is 0.0293. The molecule has 11 rings (SSSR count). The molecule has 0 bridgehead atoms. The molecule has 11 aromatic rings. The van der Waals surface area contributed by atoms with Gasteiger partial charge in [0.25, 0.3) is 0 Å². The van der Waals surface area contributed by atoms with Gasteiger partial charge in [-0.15, -0.1) is 0 Å². The number of hydrogen-bond donors (Lipinski definition) is 0. The summed E-state index contributed by atoms with van der Waals surface area (Å²) in [4.78, 5) is 21.5. The maximum absolute atomic E-state index is 12.5. The molecule has 0 fully saturated rings. The highest BCUT2D eigenvalue weighted by Gasteiger charge is 2.27. The Morgan fingerprint density at radius 2 is 0.686 bits per heavy atom. The van der Waals surface area contributed by atoms with E-state index in [4.69, 9.17) is 30.9 Å². The van der Waals surface area contributed by atoms with E-state index in [1.165, 1.54) is 45.5 Å². The molecule has 512 valence electrons. The van der Waals surface area contributed by atoms with E-state index in [-0.39, 0.29) is 50.9 Å². The van der Waals surface area contributed by atoms with Crippen molar-refractivity contribution in [2.75, 3.05) is 35.0 Å². The second kappa shape index (κ2) is 37.2. The molecule has 0 radical (unpaired) electrons. The van der Waals surface area contributed by atoms with Crippen LogP contribution >= 0.6 is 7.60 Å². The van der Waals surface area contributed by atoms with Crippen molar-refractivity contribution in [3.05, 3.63) is 338 Å². The predicted octanol–water partition coefficient (Wildman–Crippen LogP) is 24.7. The van der Waals surface area contributed by atoms with Crippen LogP contribution < -0.4 is 19.4 Å². The van der Waals surface area contributed by atoms with Crippen LogP contribution in [0.15, 0.2) is 243 Å². The Kier molecular flexibility index (Phi) is 28.2. The van der Waals surface area contributed by atoms with E-state index in [9.17, 15) is 14.6 Å². The summed E-state index contributed by atoms with van der Waals surface area (Å²) >= 11 is 0. The van der Waals surface area contributed by atoms with Crippen LogP contribution in [0.5, 0.6) is 5.75 Å². The van der Waals surface area contributed by atoms with E-state index in [1.54, 1.807) is 33.1 Å². The molecule has 0 heterocycles. The number of aryl methyl sites for hydroxylation is 6. The highest BCUT2D eigenvalue weighted by molar-refractivity contribution is 7.53. The van der Waals surface area contributed by atoms with Crippen LogP contribution in [0.25, 0.3) is 29.1 Å². The summed E-state index contributed by atoms with van der Waals surface area (Å²) < 4.78 is 28.1. The Morgan fingerprint density at radius 3 is 0.971 bits per heavy atom. The minimum absolute atomic E-state index is 0. The molecule has 0 aromatic heterocycles. The zero-order valence-electron chi connectivity index (χ0n) is 57.7. The third-order valence-corrected chi connectivity index (χ3v) is 18.4. The summed E-state index contributed by atoms with van der Waals surface area (Å²) in [6.07, 6.45) is 8.20. The SMILES string of the molecule is C.C.CCOP(=O)(Cc1cc(C#N)c(C=O)cc1C#N)OCC.COc1ccc(N(c2ccc(C)cc2)c2ccc(C)cc2)cc1.[C-]#[N+]c1cc(/C=C/c2ccc(N(c3ccc(C)cc3)c3ccc(C)cc3)cc2)c(C#N)cc1/C=C/c1ccc(N(c2ccc(C)cc2)c2ccc(C)cc2)cc1. The summed E-state index contributed by atoms with van der Waals surface area (Å²) in [7, 11) is -1.70. The molecule has 0 aliphatic carbocycles. The number of hydrogen-bond acceptors (Lipinski definition) is 11. The molecule has 0 amide bonds. The van der Waals surface area contributed by atoms with E-state index in [0.29, 0.717) is 34.2 Å².